The van der Waals surface area contributed by atoms with E-state index in [0.717, 1.165) is 16.8 Å². The normalized spacial score (nSPS) is 10.3. The number of hydrogen-bond acceptors (Lipinski definition) is 2. The molecule has 1 N–H and O–H groups in total. The van der Waals surface area contributed by atoms with Crippen molar-refractivity contribution in [3.63, 3.8) is 0 Å². The Kier molecular flexibility index (Phi) is 5.42. The summed E-state index contributed by atoms with van der Waals surface area (Å²) < 4.78 is 13.0. The lowest BCUT2D eigenvalue weighted by atomic mass is 10.1. The van der Waals surface area contributed by atoms with Crippen LogP contribution in [0.25, 0.3) is 0 Å². The number of carbonyl (C=O) groups excluding carboxylic acids is 1. The first-order chi connectivity index (χ1) is 12.2. The molecule has 0 saturated carbocycles. The Bertz CT molecular complexity index is 804. The minimum absolute atomic E-state index is 0.147. The lowest BCUT2D eigenvalue weighted by molar-refractivity contribution is -0.120. The summed E-state index contributed by atoms with van der Waals surface area (Å²) in [6, 6.07) is 25.6. The van der Waals surface area contributed by atoms with Crippen molar-refractivity contribution < 1.29 is 9.18 Å². The van der Waals surface area contributed by atoms with Gasteiger partial charge in [-0.25, -0.2) is 4.39 Å². The number of nitrogens with zero attached hydrogens (tertiary/aromatic N) is 1. The zero-order chi connectivity index (χ0) is 17.5. The molecule has 126 valence electrons. The number of halogens is 1. The van der Waals surface area contributed by atoms with Crippen LogP contribution in [0.2, 0.25) is 0 Å². The Morgan fingerprint density at radius 3 is 2.04 bits per heavy atom. The quantitative estimate of drug-likeness (QED) is 0.688. The molecule has 3 aromatic carbocycles. The molecule has 0 aliphatic rings. The number of hydrogen-bond donors (Lipinski definition) is 1. The predicted molar refractivity (Wildman–Crippen MR) is 97.3 cm³/mol. The van der Waals surface area contributed by atoms with Gasteiger partial charge in [0.15, 0.2) is 0 Å². The molecule has 0 atom stereocenters. The van der Waals surface area contributed by atoms with Gasteiger partial charge in [-0.2, -0.15) is 0 Å². The van der Waals surface area contributed by atoms with Gasteiger partial charge in [0.05, 0.1) is 18.7 Å². The predicted octanol–water partition coefficient (Wildman–Crippen LogP) is 4.11. The fraction of sp³-hybridized carbons (Fsp3) is 0.0952. The largest absolute Gasteiger partial charge is 0.281 e. The minimum atomic E-state index is -0.306. The molecule has 0 spiro atoms. The Morgan fingerprint density at radius 2 is 1.40 bits per heavy atom. The molecule has 0 aliphatic heterocycles. The van der Waals surface area contributed by atoms with Crippen LogP contribution in [0.1, 0.15) is 11.1 Å². The molecule has 3 nitrogen and oxygen atoms in total. The van der Waals surface area contributed by atoms with Crippen molar-refractivity contribution in [2.45, 2.75) is 13.0 Å². The first kappa shape index (κ1) is 16.7. The summed E-state index contributed by atoms with van der Waals surface area (Å²) in [5.74, 6) is -0.453. The molecule has 4 heteroatoms. The highest BCUT2D eigenvalue weighted by molar-refractivity contribution is 5.80. The van der Waals surface area contributed by atoms with Crippen molar-refractivity contribution in [1.29, 1.82) is 0 Å². The second-order valence-electron chi connectivity index (χ2n) is 5.75. The topological polar surface area (TPSA) is 32.3 Å². The number of para-hydroxylation sites is 1. The van der Waals surface area contributed by atoms with Gasteiger partial charge in [-0.15, -0.1) is 0 Å². The maximum atomic E-state index is 13.0. The number of hydrazine groups is 1. The third-order valence-electron chi connectivity index (χ3n) is 3.79. The fourth-order valence-corrected chi connectivity index (χ4v) is 2.55. The molecule has 25 heavy (non-hydrogen) atoms. The number of anilines is 1. The Morgan fingerprint density at radius 1 is 0.800 bits per heavy atom. The van der Waals surface area contributed by atoms with Crippen molar-refractivity contribution in [3.8, 4) is 0 Å². The van der Waals surface area contributed by atoms with Crippen molar-refractivity contribution in [3.05, 3.63) is 102 Å². The van der Waals surface area contributed by atoms with Crippen LogP contribution in [0.15, 0.2) is 84.9 Å². The number of rotatable bonds is 6. The first-order valence-corrected chi connectivity index (χ1v) is 8.11. The SMILES string of the molecule is O=C(Cc1ccc(F)cc1)NN(Cc1ccccc1)c1ccccc1. The molecule has 0 saturated heterocycles. The van der Waals surface area contributed by atoms with Crippen LogP contribution < -0.4 is 10.4 Å². The van der Waals surface area contributed by atoms with E-state index in [2.05, 4.69) is 5.43 Å². The van der Waals surface area contributed by atoms with E-state index in [1.54, 1.807) is 12.1 Å². The summed E-state index contributed by atoms with van der Waals surface area (Å²) in [6.45, 7) is 0.556. The molecule has 0 bridgehead atoms. The third-order valence-corrected chi connectivity index (χ3v) is 3.79. The summed E-state index contributed by atoms with van der Waals surface area (Å²) in [4.78, 5) is 12.4. The lowest BCUT2D eigenvalue weighted by Gasteiger charge is -2.25. The van der Waals surface area contributed by atoms with Crippen molar-refractivity contribution in [2.75, 3.05) is 5.01 Å². The van der Waals surface area contributed by atoms with Gasteiger partial charge >= 0.3 is 0 Å². The highest BCUT2D eigenvalue weighted by atomic mass is 19.1. The molecule has 3 aromatic rings. The summed E-state index contributed by atoms with van der Waals surface area (Å²) in [5, 5.41) is 1.82. The first-order valence-electron chi connectivity index (χ1n) is 8.11. The average molecular weight is 334 g/mol. The van der Waals surface area contributed by atoms with E-state index in [4.69, 9.17) is 0 Å². The van der Waals surface area contributed by atoms with Crippen molar-refractivity contribution in [1.82, 2.24) is 5.43 Å². The number of amides is 1. The van der Waals surface area contributed by atoms with E-state index >= 15 is 0 Å². The van der Waals surface area contributed by atoms with E-state index in [1.165, 1.54) is 12.1 Å². The maximum Gasteiger partial charge on any atom is 0.242 e. The smallest absolute Gasteiger partial charge is 0.242 e. The lowest BCUT2D eigenvalue weighted by Crippen LogP contribution is -2.42. The molecule has 0 unspecified atom stereocenters. The Labute approximate surface area is 146 Å². The molecular formula is C21H19FN2O. The molecule has 1 amide bonds. The highest BCUT2D eigenvalue weighted by Gasteiger charge is 2.11. The zero-order valence-corrected chi connectivity index (χ0v) is 13.7. The van der Waals surface area contributed by atoms with Crippen LogP contribution in [0, 0.1) is 5.82 Å². The standard InChI is InChI=1S/C21H19FN2O/c22-19-13-11-17(12-14-19)15-21(25)23-24(20-9-5-2-6-10-20)16-18-7-3-1-4-8-18/h1-14H,15-16H2,(H,23,25). The Balaban J connectivity index is 1.72. The minimum Gasteiger partial charge on any atom is -0.281 e. The van der Waals surface area contributed by atoms with Crippen LogP contribution in [-0.4, -0.2) is 5.91 Å². The van der Waals surface area contributed by atoms with E-state index in [9.17, 15) is 9.18 Å². The van der Waals surface area contributed by atoms with Gasteiger partial charge < -0.3 is 0 Å². The average Bonchev–Trinajstić information content (AvgIpc) is 2.65. The number of carbonyl (C=O) groups is 1. The summed E-state index contributed by atoms with van der Waals surface area (Å²) >= 11 is 0. The summed E-state index contributed by atoms with van der Waals surface area (Å²) in [5.41, 5.74) is 5.71. The maximum absolute atomic E-state index is 13.0. The van der Waals surface area contributed by atoms with Gasteiger partial charge in [0.25, 0.3) is 0 Å². The van der Waals surface area contributed by atoms with Gasteiger partial charge in [0.2, 0.25) is 5.91 Å². The molecule has 0 aliphatic carbocycles. The Hall–Kier alpha value is -3.14. The van der Waals surface area contributed by atoms with E-state index in [1.807, 2.05) is 65.7 Å². The zero-order valence-electron chi connectivity index (χ0n) is 13.7. The highest BCUT2D eigenvalue weighted by Crippen LogP contribution is 2.15. The van der Waals surface area contributed by atoms with Crippen molar-refractivity contribution >= 4 is 11.6 Å². The summed E-state index contributed by atoms with van der Waals surface area (Å²) in [7, 11) is 0. The van der Waals surface area contributed by atoms with Crippen LogP contribution in [0.4, 0.5) is 10.1 Å². The molecule has 3 rings (SSSR count). The molecule has 0 heterocycles. The van der Waals surface area contributed by atoms with Crippen molar-refractivity contribution in [2.24, 2.45) is 0 Å². The van der Waals surface area contributed by atoms with Gasteiger partial charge in [-0.3, -0.25) is 15.2 Å². The number of nitrogens with one attached hydrogen (secondary N) is 1. The molecule has 0 radical (unpaired) electrons. The third kappa shape index (κ3) is 4.91. The fourth-order valence-electron chi connectivity index (χ4n) is 2.55. The van der Waals surface area contributed by atoms with Crippen LogP contribution in [-0.2, 0) is 17.8 Å². The van der Waals surface area contributed by atoms with E-state index < -0.39 is 0 Å². The van der Waals surface area contributed by atoms with E-state index in [-0.39, 0.29) is 18.1 Å². The van der Waals surface area contributed by atoms with Gasteiger partial charge in [0.1, 0.15) is 5.82 Å². The van der Waals surface area contributed by atoms with Gasteiger partial charge in [-0.05, 0) is 35.4 Å². The monoisotopic (exact) mass is 334 g/mol. The molecule has 0 aromatic heterocycles. The second kappa shape index (κ2) is 8.11. The number of benzene rings is 3. The van der Waals surface area contributed by atoms with Gasteiger partial charge in [-0.1, -0.05) is 60.7 Å². The van der Waals surface area contributed by atoms with Crippen LogP contribution in [0.5, 0.6) is 0 Å². The second-order valence-corrected chi connectivity index (χ2v) is 5.75. The van der Waals surface area contributed by atoms with Gasteiger partial charge in [0, 0.05) is 0 Å². The van der Waals surface area contributed by atoms with Crippen LogP contribution >= 0.6 is 0 Å². The summed E-state index contributed by atoms with van der Waals surface area (Å²) in [6.07, 6.45) is 0.193. The van der Waals surface area contributed by atoms with E-state index in [0.29, 0.717) is 6.54 Å². The van der Waals surface area contributed by atoms with Crippen LogP contribution in [0.3, 0.4) is 0 Å². The molecular weight excluding hydrogens is 315 g/mol. The molecule has 0 fully saturated rings.